The molecule has 4 heterocycles. The van der Waals surface area contributed by atoms with Crippen molar-refractivity contribution in [1.29, 1.82) is 5.41 Å². The molecule has 6 nitrogen and oxygen atoms in total. The Hall–Kier alpha value is -3.41. The van der Waals surface area contributed by atoms with Crippen molar-refractivity contribution in [1.82, 2.24) is 9.97 Å². The van der Waals surface area contributed by atoms with Gasteiger partial charge in [-0.3, -0.25) is 10.4 Å². The molecule has 2 aliphatic heterocycles. The third-order valence-corrected chi connectivity index (χ3v) is 6.49. The molecule has 0 spiro atoms. The fraction of sp³-hybridized carbons (Fsp3) is 0.240. The van der Waals surface area contributed by atoms with E-state index in [1.165, 1.54) is 30.2 Å². The summed E-state index contributed by atoms with van der Waals surface area (Å²) in [4.78, 5) is 8.57. The number of thioether (sulfide) groups is 1. The summed E-state index contributed by atoms with van der Waals surface area (Å²) in [6, 6.07) is 8.85. The van der Waals surface area contributed by atoms with Crippen molar-refractivity contribution in [3.8, 4) is 34.6 Å². The highest BCUT2D eigenvalue weighted by Gasteiger charge is 2.32. The Labute approximate surface area is 195 Å². The first-order chi connectivity index (χ1) is 15.9. The number of nitrogens with two attached hydrogens (primary N) is 1. The maximum absolute atomic E-state index is 14.4. The van der Waals surface area contributed by atoms with Crippen molar-refractivity contribution < 1.29 is 13.9 Å². The number of rotatable bonds is 3. The molecule has 3 aromatic rings. The third kappa shape index (κ3) is 4.30. The Morgan fingerprint density at radius 1 is 1.27 bits per heavy atom. The van der Waals surface area contributed by atoms with Crippen LogP contribution in [-0.4, -0.2) is 34.1 Å². The molecular weight excluding hydrogens is 439 g/mol. The predicted molar refractivity (Wildman–Crippen MR) is 126 cm³/mol. The zero-order valence-corrected chi connectivity index (χ0v) is 18.7. The van der Waals surface area contributed by atoms with Gasteiger partial charge in [-0.25, -0.2) is 9.37 Å². The first-order valence-electron chi connectivity index (χ1n) is 10.4. The van der Waals surface area contributed by atoms with Crippen molar-refractivity contribution in [2.24, 2.45) is 11.1 Å². The number of hydrogen-bond donors (Lipinski definition) is 2. The lowest BCUT2D eigenvalue weighted by Gasteiger charge is -2.32. The SMILES string of the molecule is CC1(C#Cc2cnc3c(c2)[C@H](CSC(=N)N)c2cc(-c4cnccc4F)ccc2O3)COC1. The predicted octanol–water partition coefficient (Wildman–Crippen LogP) is 4.53. The monoisotopic (exact) mass is 460 g/mol. The molecule has 0 radical (unpaired) electrons. The number of hydrogen-bond acceptors (Lipinski definition) is 6. The summed E-state index contributed by atoms with van der Waals surface area (Å²) in [5, 5.41) is 7.72. The molecule has 166 valence electrons. The van der Waals surface area contributed by atoms with E-state index >= 15 is 0 Å². The van der Waals surface area contributed by atoms with E-state index in [0.717, 1.165) is 16.7 Å². The fourth-order valence-corrected chi connectivity index (χ4v) is 4.58. The van der Waals surface area contributed by atoms with Crippen LogP contribution in [0.1, 0.15) is 29.5 Å². The highest BCUT2D eigenvalue weighted by molar-refractivity contribution is 8.13. The van der Waals surface area contributed by atoms with Crippen molar-refractivity contribution in [2.75, 3.05) is 19.0 Å². The molecule has 0 aliphatic carbocycles. The van der Waals surface area contributed by atoms with Crippen molar-refractivity contribution >= 4 is 16.9 Å². The van der Waals surface area contributed by atoms with Gasteiger partial charge in [0.25, 0.3) is 0 Å². The standard InChI is InChI=1S/C25H21FN4O2S/c1-25(13-31-14-25)6-4-15-8-18-20(12-33-24(27)28)17-9-16(19-11-29-7-5-21(19)26)2-3-22(17)32-23(18)30-10-15/h2-3,5,7-11,20H,12-14H2,1H3,(H3,27,28)/t20-/m1/s1. The summed E-state index contributed by atoms with van der Waals surface area (Å²) in [5.41, 5.74) is 9.15. The van der Waals surface area contributed by atoms with E-state index in [0.29, 0.717) is 41.7 Å². The summed E-state index contributed by atoms with van der Waals surface area (Å²) in [5.74, 6) is 7.65. The maximum atomic E-state index is 14.4. The Morgan fingerprint density at radius 3 is 2.85 bits per heavy atom. The second-order valence-corrected chi connectivity index (χ2v) is 9.42. The Morgan fingerprint density at radius 2 is 2.12 bits per heavy atom. The lowest BCUT2D eigenvalue weighted by atomic mass is 9.87. The van der Waals surface area contributed by atoms with E-state index in [9.17, 15) is 4.39 Å². The first kappa shape index (κ1) is 21.4. The molecule has 3 N–H and O–H groups in total. The Kier molecular flexibility index (Phi) is 5.52. The fourth-order valence-electron chi connectivity index (χ4n) is 3.87. The number of aromatic nitrogens is 2. The van der Waals surface area contributed by atoms with Crippen LogP contribution in [0.4, 0.5) is 4.39 Å². The van der Waals surface area contributed by atoms with Crippen LogP contribution in [-0.2, 0) is 4.74 Å². The molecule has 0 saturated carbocycles. The quantitative estimate of drug-likeness (QED) is 0.339. The highest BCUT2D eigenvalue weighted by atomic mass is 32.2. The van der Waals surface area contributed by atoms with Gasteiger partial charge in [0.05, 0.1) is 18.6 Å². The van der Waals surface area contributed by atoms with Gasteiger partial charge in [0.1, 0.15) is 11.6 Å². The summed E-state index contributed by atoms with van der Waals surface area (Å²) < 4.78 is 25.8. The van der Waals surface area contributed by atoms with Gasteiger partial charge in [0.15, 0.2) is 5.17 Å². The molecule has 0 bridgehead atoms. The van der Waals surface area contributed by atoms with Crippen LogP contribution in [0, 0.1) is 28.5 Å². The highest BCUT2D eigenvalue weighted by Crippen LogP contribution is 2.46. The summed E-state index contributed by atoms with van der Waals surface area (Å²) >= 11 is 1.24. The molecule has 2 aromatic heterocycles. The van der Waals surface area contributed by atoms with Gasteiger partial charge in [-0.05, 0) is 36.8 Å². The molecule has 1 fully saturated rings. The maximum Gasteiger partial charge on any atom is 0.223 e. The molecule has 5 rings (SSSR count). The molecule has 33 heavy (non-hydrogen) atoms. The van der Waals surface area contributed by atoms with E-state index in [-0.39, 0.29) is 22.3 Å². The molecule has 1 aromatic carbocycles. The van der Waals surface area contributed by atoms with Crippen LogP contribution in [0.5, 0.6) is 11.6 Å². The number of nitrogens with one attached hydrogen (secondary N) is 1. The minimum Gasteiger partial charge on any atom is -0.438 e. The lowest BCUT2D eigenvalue weighted by molar-refractivity contribution is -0.0648. The second-order valence-electron chi connectivity index (χ2n) is 8.36. The first-order valence-corrected chi connectivity index (χ1v) is 11.4. The number of benzene rings is 1. The van der Waals surface area contributed by atoms with Crippen LogP contribution in [0.3, 0.4) is 0 Å². The van der Waals surface area contributed by atoms with Gasteiger partial charge in [0.2, 0.25) is 5.88 Å². The van der Waals surface area contributed by atoms with Gasteiger partial charge in [0, 0.05) is 52.5 Å². The van der Waals surface area contributed by atoms with Crippen molar-refractivity contribution in [2.45, 2.75) is 12.8 Å². The number of nitrogens with zero attached hydrogens (tertiary/aromatic N) is 2. The normalized spacial score (nSPS) is 17.5. The van der Waals surface area contributed by atoms with Crippen molar-refractivity contribution in [3.63, 3.8) is 0 Å². The molecular formula is C25H21FN4O2S. The molecule has 1 atom stereocenters. The molecule has 2 aliphatic rings. The Balaban J connectivity index is 1.56. The van der Waals surface area contributed by atoms with Crippen LogP contribution >= 0.6 is 11.8 Å². The third-order valence-electron chi connectivity index (χ3n) is 5.68. The van der Waals surface area contributed by atoms with Crippen LogP contribution in [0.2, 0.25) is 0 Å². The zero-order valence-electron chi connectivity index (χ0n) is 17.9. The van der Waals surface area contributed by atoms with Gasteiger partial charge in [-0.1, -0.05) is 29.7 Å². The minimum atomic E-state index is -0.343. The van der Waals surface area contributed by atoms with Crippen molar-refractivity contribution in [3.05, 3.63) is 71.4 Å². The zero-order chi connectivity index (χ0) is 23.0. The minimum absolute atomic E-state index is 0.0286. The largest absolute Gasteiger partial charge is 0.438 e. The van der Waals surface area contributed by atoms with E-state index in [1.54, 1.807) is 12.3 Å². The van der Waals surface area contributed by atoms with Crippen LogP contribution in [0.25, 0.3) is 11.1 Å². The van der Waals surface area contributed by atoms with E-state index in [1.807, 2.05) is 18.2 Å². The summed E-state index contributed by atoms with van der Waals surface area (Å²) in [6.07, 6.45) is 4.63. The summed E-state index contributed by atoms with van der Waals surface area (Å²) in [7, 11) is 0. The number of amidine groups is 1. The lowest BCUT2D eigenvalue weighted by Crippen LogP contribution is -2.38. The molecule has 0 unspecified atom stereocenters. The molecule has 0 amide bonds. The molecule has 1 saturated heterocycles. The number of pyridine rings is 2. The number of halogens is 1. The van der Waals surface area contributed by atoms with E-state index < -0.39 is 0 Å². The van der Waals surface area contributed by atoms with Gasteiger partial charge >= 0.3 is 0 Å². The number of fused-ring (bicyclic) bond motifs is 2. The Bertz CT molecular complexity index is 1310. The average Bonchev–Trinajstić information content (AvgIpc) is 2.79. The van der Waals surface area contributed by atoms with Gasteiger partial charge in [-0.2, -0.15) is 0 Å². The smallest absolute Gasteiger partial charge is 0.223 e. The second kappa shape index (κ2) is 8.50. The average molecular weight is 461 g/mol. The van der Waals surface area contributed by atoms with Crippen LogP contribution in [0.15, 0.2) is 48.9 Å². The topological polar surface area (TPSA) is 94.1 Å². The molecule has 8 heteroatoms. The van der Waals surface area contributed by atoms with Crippen LogP contribution < -0.4 is 10.5 Å². The summed E-state index contributed by atoms with van der Waals surface area (Å²) in [6.45, 7) is 3.32. The van der Waals surface area contributed by atoms with E-state index in [4.69, 9.17) is 20.6 Å². The van der Waals surface area contributed by atoms with Gasteiger partial charge < -0.3 is 15.2 Å². The van der Waals surface area contributed by atoms with Gasteiger partial charge in [-0.15, -0.1) is 0 Å². The van der Waals surface area contributed by atoms with E-state index in [2.05, 4.69) is 28.7 Å². The number of ether oxygens (including phenoxy) is 2.